The van der Waals surface area contributed by atoms with Gasteiger partial charge in [0.05, 0.1) is 0 Å². The minimum atomic E-state index is -0.0265. The average molecular weight is 263 g/mol. The first-order valence-corrected chi connectivity index (χ1v) is 7.83. The number of hydrogen-bond donors (Lipinski definition) is 1. The molecule has 0 radical (unpaired) electrons. The Morgan fingerprint density at radius 1 is 1.16 bits per heavy atom. The van der Waals surface area contributed by atoms with Crippen LogP contribution in [0.5, 0.6) is 0 Å². The molecule has 2 rings (SSSR count). The van der Waals surface area contributed by atoms with Crippen LogP contribution in [0.4, 0.5) is 4.39 Å². The minimum absolute atomic E-state index is 0.0265. The van der Waals surface area contributed by atoms with E-state index in [1.54, 1.807) is 6.07 Å². The van der Waals surface area contributed by atoms with Crippen molar-refractivity contribution >= 4 is 0 Å². The summed E-state index contributed by atoms with van der Waals surface area (Å²) < 4.78 is 13.6. The molecule has 0 aliphatic heterocycles. The topological polar surface area (TPSA) is 12.0 Å². The van der Waals surface area contributed by atoms with E-state index in [0.717, 1.165) is 24.9 Å². The van der Waals surface area contributed by atoms with E-state index in [4.69, 9.17) is 0 Å². The summed E-state index contributed by atoms with van der Waals surface area (Å²) in [7, 11) is 0. The second kappa shape index (κ2) is 7.64. The average Bonchev–Trinajstić information content (AvgIpc) is 2.83. The lowest BCUT2D eigenvalue weighted by molar-refractivity contribution is 0.501. The Hall–Kier alpha value is -0.890. The summed E-state index contributed by atoms with van der Waals surface area (Å²) in [5.41, 5.74) is 2.12. The number of benzene rings is 1. The van der Waals surface area contributed by atoms with Crippen LogP contribution in [0, 0.1) is 5.82 Å². The van der Waals surface area contributed by atoms with Crippen LogP contribution in [-0.4, -0.2) is 6.54 Å². The van der Waals surface area contributed by atoms with E-state index in [2.05, 4.69) is 18.3 Å². The summed E-state index contributed by atoms with van der Waals surface area (Å²) >= 11 is 0. The van der Waals surface area contributed by atoms with E-state index >= 15 is 0 Å². The minimum Gasteiger partial charge on any atom is -0.310 e. The molecular weight excluding hydrogens is 237 g/mol. The number of rotatable bonds is 8. The van der Waals surface area contributed by atoms with Gasteiger partial charge in [-0.2, -0.15) is 0 Å². The summed E-state index contributed by atoms with van der Waals surface area (Å²) in [6, 6.07) is 5.86. The maximum Gasteiger partial charge on any atom is 0.126 e. The Kier molecular flexibility index (Phi) is 5.84. The number of fused-ring (bicyclic) bond motifs is 1. The quantitative estimate of drug-likeness (QED) is 0.667. The molecule has 0 saturated heterocycles. The summed E-state index contributed by atoms with van der Waals surface area (Å²) in [4.78, 5) is 0. The third kappa shape index (κ3) is 4.04. The molecule has 2 heteroatoms. The first kappa shape index (κ1) is 14.5. The van der Waals surface area contributed by atoms with Gasteiger partial charge in [-0.05, 0) is 43.0 Å². The van der Waals surface area contributed by atoms with Crippen molar-refractivity contribution in [2.75, 3.05) is 6.54 Å². The first-order valence-electron chi connectivity index (χ1n) is 7.83. The zero-order valence-electron chi connectivity index (χ0n) is 12.1. The maximum absolute atomic E-state index is 13.6. The largest absolute Gasteiger partial charge is 0.310 e. The van der Waals surface area contributed by atoms with Crippen LogP contribution in [0.3, 0.4) is 0 Å². The van der Waals surface area contributed by atoms with Crippen LogP contribution in [0.25, 0.3) is 0 Å². The van der Waals surface area contributed by atoms with Gasteiger partial charge in [0, 0.05) is 6.04 Å². The fraction of sp³-hybridized carbons (Fsp3) is 0.647. The summed E-state index contributed by atoms with van der Waals surface area (Å²) in [6.07, 6.45) is 9.88. The van der Waals surface area contributed by atoms with Crippen molar-refractivity contribution in [3.63, 3.8) is 0 Å². The highest BCUT2D eigenvalue weighted by Gasteiger charge is 2.23. The lowest BCUT2D eigenvalue weighted by Gasteiger charge is -2.14. The molecule has 0 aromatic heterocycles. The predicted octanol–water partition coefficient (Wildman–Crippen LogP) is 4.76. The van der Waals surface area contributed by atoms with Crippen molar-refractivity contribution in [1.82, 2.24) is 5.32 Å². The molecule has 0 fully saturated rings. The number of unbranched alkanes of at least 4 members (excludes halogenated alkanes) is 5. The fourth-order valence-corrected chi connectivity index (χ4v) is 3.00. The van der Waals surface area contributed by atoms with E-state index < -0.39 is 0 Å². The Labute approximate surface area is 116 Å². The molecule has 1 unspecified atom stereocenters. The second-order valence-electron chi connectivity index (χ2n) is 5.62. The van der Waals surface area contributed by atoms with Crippen LogP contribution < -0.4 is 5.32 Å². The standard InChI is InChI=1S/C17H26FN/c1-2-3-4-5-6-7-13-19-17-12-11-14-15(17)9-8-10-16(14)18/h8-10,17,19H,2-7,11-13H2,1H3. The van der Waals surface area contributed by atoms with E-state index in [1.165, 1.54) is 44.1 Å². The smallest absolute Gasteiger partial charge is 0.126 e. The molecule has 0 bridgehead atoms. The number of nitrogens with one attached hydrogen (secondary N) is 1. The highest BCUT2D eigenvalue weighted by molar-refractivity contribution is 5.35. The summed E-state index contributed by atoms with van der Waals surface area (Å²) in [5, 5.41) is 3.59. The van der Waals surface area contributed by atoms with Crippen molar-refractivity contribution in [2.24, 2.45) is 0 Å². The molecule has 1 aromatic carbocycles. The van der Waals surface area contributed by atoms with Gasteiger partial charge in [0.15, 0.2) is 0 Å². The van der Waals surface area contributed by atoms with E-state index in [0.29, 0.717) is 6.04 Å². The third-order valence-corrected chi connectivity index (χ3v) is 4.13. The van der Waals surface area contributed by atoms with Crippen LogP contribution in [0.1, 0.15) is 69.0 Å². The van der Waals surface area contributed by atoms with Gasteiger partial charge in [0.1, 0.15) is 5.82 Å². The lowest BCUT2D eigenvalue weighted by Crippen LogP contribution is -2.20. The van der Waals surface area contributed by atoms with Crippen LogP contribution in [0.2, 0.25) is 0 Å². The van der Waals surface area contributed by atoms with Crippen molar-refractivity contribution < 1.29 is 4.39 Å². The molecule has 0 saturated carbocycles. The van der Waals surface area contributed by atoms with Gasteiger partial charge >= 0.3 is 0 Å². The highest BCUT2D eigenvalue weighted by Crippen LogP contribution is 2.32. The molecule has 19 heavy (non-hydrogen) atoms. The van der Waals surface area contributed by atoms with Gasteiger partial charge < -0.3 is 5.32 Å². The molecular formula is C17H26FN. The van der Waals surface area contributed by atoms with Crippen LogP contribution in [0.15, 0.2) is 18.2 Å². The summed E-state index contributed by atoms with van der Waals surface area (Å²) in [5.74, 6) is -0.0265. The van der Waals surface area contributed by atoms with Gasteiger partial charge in [-0.15, -0.1) is 0 Å². The predicted molar refractivity (Wildman–Crippen MR) is 78.8 cm³/mol. The molecule has 0 amide bonds. The normalized spacial score (nSPS) is 17.7. The Balaban J connectivity index is 1.67. The van der Waals surface area contributed by atoms with Gasteiger partial charge in [0.2, 0.25) is 0 Å². The highest BCUT2D eigenvalue weighted by atomic mass is 19.1. The summed E-state index contributed by atoms with van der Waals surface area (Å²) in [6.45, 7) is 3.31. The van der Waals surface area contributed by atoms with Gasteiger partial charge in [-0.1, -0.05) is 51.2 Å². The van der Waals surface area contributed by atoms with Crippen molar-refractivity contribution in [3.05, 3.63) is 35.1 Å². The lowest BCUT2D eigenvalue weighted by atomic mass is 10.1. The SMILES string of the molecule is CCCCCCCCNC1CCc2c(F)cccc21. The fourth-order valence-electron chi connectivity index (χ4n) is 3.00. The van der Waals surface area contributed by atoms with Crippen molar-refractivity contribution in [2.45, 2.75) is 64.3 Å². The van der Waals surface area contributed by atoms with Gasteiger partial charge in [-0.25, -0.2) is 4.39 Å². The van der Waals surface area contributed by atoms with Crippen LogP contribution >= 0.6 is 0 Å². The third-order valence-electron chi connectivity index (χ3n) is 4.13. The van der Waals surface area contributed by atoms with Gasteiger partial charge in [0.25, 0.3) is 0 Å². The van der Waals surface area contributed by atoms with E-state index in [9.17, 15) is 4.39 Å². The van der Waals surface area contributed by atoms with Gasteiger partial charge in [-0.3, -0.25) is 0 Å². The molecule has 1 aromatic rings. The molecule has 106 valence electrons. The van der Waals surface area contributed by atoms with Crippen molar-refractivity contribution in [1.29, 1.82) is 0 Å². The molecule has 0 spiro atoms. The number of hydrogen-bond acceptors (Lipinski definition) is 1. The zero-order chi connectivity index (χ0) is 13.5. The monoisotopic (exact) mass is 263 g/mol. The Bertz CT molecular complexity index is 389. The molecule has 1 atom stereocenters. The van der Waals surface area contributed by atoms with E-state index in [-0.39, 0.29) is 5.82 Å². The molecule has 1 aliphatic rings. The Morgan fingerprint density at radius 2 is 1.95 bits per heavy atom. The second-order valence-corrected chi connectivity index (χ2v) is 5.62. The van der Waals surface area contributed by atoms with Crippen molar-refractivity contribution in [3.8, 4) is 0 Å². The van der Waals surface area contributed by atoms with E-state index in [1.807, 2.05) is 6.07 Å². The maximum atomic E-state index is 13.6. The number of halogens is 1. The molecule has 1 nitrogen and oxygen atoms in total. The molecule has 1 aliphatic carbocycles. The molecule has 0 heterocycles. The first-order chi connectivity index (χ1) is 9.33. The zero-order valence-corrected chi connectivity index (χ0v) is 12.1. The van der Waals surface area contributed by atoms with Crippen LogP contribution in [-0.2, 0) is 6.42 Å². The Morgan fingerprint density at radius 3 is 2.79 bits per heavy atom. The molecule has 1 N–H and O–H groups in total.